The molecular weight excluding hydrogens is 220 g/mol. The normalized spacial score (nSPS) is 12.6. The van der Waals surface area contributed by atoms with Crippen LogP contribution >= 0.6 is 0 Å². The highest BCUT2D eigenvalue weighted by Crippen LogP contribution is 2.27. The summed E-state index contributed by atoms with van der Waals surface area (Å²) in [7, 11) is 0. The average Bonchev–Trinajstić information content (AvgIpc) is 2.28. The average molecular weight is 230 g/mol. The quantitative estimate of drug-likeness (QED) is 0.678. The minimum atomic E-state index is -0.466. The second-order valence-electron chi connectivity index (χ2n) is 3.49. The van der Waals surface area contributed by atoms with E-state index in [9.17, 15) is 9.59 Å². The van der Waals surface area contributed by atoms with E-state index in [-0.39, 0.29) is 18.9 Å². The number of benzene rings is 1. The number of hydrogen-bond acceptors (Lipinski definition) is 3. The Morgan fingerprint density at radius 3 is 3.12 bits per heavy atom. The third-order valence-electron chi connectivity index (χ3n) is 2.11. The number of amides is 2. The van der Waals surface area contributed by atoms with Crippen LogP contribution in [0.3, 0.4) is 0 Å². The van der Waals surface area contributed by atoms with Crippen molar-refractivity contribution in [3.05, 3.63) is 23.8 Å². The Morgan fingerprint density at radius 2 is 2.35 bits per heavy atom. The number of rotatable bonds is 1. The van der Waals surface area contributed by atoms with E-state index in [1.54, 1.807) is 18.2 Å². The van der Waals surface area contributed by atoms with Gasteiger partial charge in [-0.2, -0.15) is 0 Å². The molecule has 0 saturated heterocycles. The molecule has 2 rings (SSSR count). The Bertz CT molecular complexity index is 540. The minimum Gasteiger partial charge on any atom is -0.482 e. The Morgan fingerprint density at radius 1 is 1.53 bits per heavy atom. The van der Waals surface area contributed by atoms with Gasteiger partial charge >= 0.3 is 0 Å². The van der Waals surface area contributed by atoms with E-state index in [2.05, 4.69) is 17.2 Å². The lowest BCUT2D eigenvalue weighted by Crippen LogP contribution is -2.25. The minimum absolute atomic E-state index is 0.0138. The summed E-state index contributed by atoms with van der Waals surface area (Å²) < 4.78 is 5.20. The van der Waals surface area contributed by atoms with Crippen LogP contribution in [0.15, 0.2) is 18.2 Å². The number of nitrogens with one attached hydrogen (secondary N) is 1. The number of ether oxygens (including phenoxy) is 1. The molecule has 5 heteroatoms. The van der Waals surface area contributed by atoms with Crippen molar-refractivity contribution >= 4 is 17.5 Å². The number of carbonyl (C=O) groups is 2. The van der Waals surface area contributed by atoms with E-state index in [0.29, 0.717) is 17.0 Å². The van der Waals surface area contributed by atoms with E-state index in [1.807, 2.05) is 0 Å². The van der Waals surface area contributed by atoms with Gasteiger partial charge in [-0.15, -0.1) is 0 Å². The van der Waals surface area contributed by atoms with Crippen molar-refractivity contribution in [2.45, 2.75) is 6.42 Å². The zero-order valence-electron chi connectivity index (χ0n) is 8.95. The molecule has 0 aliphatic carbocycles. The van der Waals surface area contributed by atoms with Crippen molar-refractivity contribution in [1.82, 2.24) is 0 Å². The van der Waals surface area contributed by atoms with E-state index >= 15 is 0 Å². The molecule has 1 aromatic rings. The summed E-state index contributed by atoms with van der Waals surface area (Å²) >= 11 is 0. The van der Waals surface area contributed by atoms with Gasteiger partial charge in [-0.1, -0.05) is 11.8 Å². The molecular formula is C12H10N2O3. The molecule has 0 bridgehead atoms. The Kier molecular flexibility index (Phi) is 2.97. The number of primary amides is 1. The topological polar surface area (TPSA) is 81.4 Å². The van der Waals surface area contributed by atoms with Crippen molar-refractivity contribution in [3.63, 3.8) is 0 Å². The monoisotopic (exact) mass is 230 g/mol. The second-order valence-corrected chi connectivity index (χ2v) is 3.49. The highest BCUT2D eigenvalue weighted by atomic mass is 16.5. The molecule has 0 unspecified atom stereocenters. The van der Waals surface area contributed by atoms with Crippen LogP contribution in [0.25, 0.3) is 0 Å². The number of nitrogens with two attached hydrogens (primary N) is 1. The van der Waals surface area contributed by atoms with Gasteiger partial charge in [0.25, 0.3) is 5.91 Å². The number of hydrogen-bond donors (Lipinski definition) is 2. The summed E-state index contributed by atoms with van der Waals surface area (Å²) in [5.74, 6) is 5.38. The molecule has 3 N–H and O–H groups in total. The molecule has 86 valence electrons. The van der Waals surface area contributed by atoms with Crippen LogP contribution in [-0.4, -0.2) is 18.4 Å². The molecule has 17 heavy (non-hydrogen) atoms. The van der Waals surface area contributed by atoms with Gasteiger partial charge in [0.15, 0.2) is 6.61 Å². The molecule has 1 heterocycles. The number of carbonyl (C=O) groups excluding carboxylic acids is 2. The zero-order valence-corrected chi connectivity index (χ0v) is 8.95. The predicted octanol–water partition coefficient (Wildman–Crippen LogP) is 0.244. The van der Waals surface area contributed by atoms with Gasteiger partial charge in [-0.05, 0) is 18.2 Å². The van der Waals surface area contributed by atoms with Crippen LogP contribution < -0.4 is 15.8 Å². The van der Waals surface area contributed by atoms with Gasteiger partial charge in [0.05, 0.1) is 12.1 Å². The highest BCUT2D eigenvalue weighted by molar-refractivity contribution is 5.95. The Labute approximate surface area is 97.9 Å². The lowest BCUT2D eigenvalue weighted by Gasteiger charge is -2.17. The molecule has 5 nitrogen and oxygen atoms in total. The third-order valence-corrected chi connectivity index (χ3v) is 2.11. The van der Waals surface area contributed by atoms with Crippen LogP contribution in [0.4, 0.5) is 5.69 Å². The first kappa shape index (κ1) is 11.0. The van der Waals surface area contributed by atoms with Crippen molar-refractivity contribution in [2.24, 2.45) is 5.73 Å². The van der Waals surface area contributed by atoms with Crippen LogP contribution in [0, 0.1) is 11.8 Å². The lowest BCUT2D eigenvalue weighted by atomic mass is 10.1. The standard InChI is InChI=1S/C12H10N2O3/c13-11(15)3-1-2-8-4-5-10-9(6-8)14-12(16)7-17-10/h4-6H,3,7H2,(H2,13,15)(H,14,16). The summed E-state index contributed by atoms with van der Waals surface area (Å²) in [6, 6.07) is 5.17. The first-order chi connectivity index (χ1) is 8.15. The zero-order chi connectivity index (χ0) is 12.3. The van der Waals surface area contributed by atoms with Gasteiger partial charge in [-0.25, -0.2) is 0 Å². The first-order valence-electron chi connectivity index (χ1n) is 4.99. The second kappa shape index (κ2) is 4.58. The molecule has 0 radical (unpaired) electrons. The van der Waals surface area contributed by atoms with E-state index in [1.165, 1.54) is 0 Å². The molecule has 0 spiro atoms. The van der Waals surface area contributed by atoms with Crippen molar-refractivity contribution in [1.29, 1.82) is 0 Å². The molecule has 0 atom stereocenters. The molecule has 1 aliphatic rings. The molecule has 1 aromatic carbocycles. The van der Waals surface area contributed by atoms with E-state index < -0.39 is 5.91 Å². The van der Waals surface area contributed by atoms with Crippen LogP contribution in [0.5, 0.6) is 5.75 Å². The van der Waals surface area contributed by atoms with Gasteiger partial charge in [0, 0.05) is 5.56 Å². The highest BCUT2D eigenvalue weighted by Gasteiger charge is 2.15. The summed E-state index contributed by atoms with van der Waals surface area (Å²) in [5, 5.41) is 2.68. The SMILES string of the molecule is NC(=O)CC#Cc1ccc2c(c1)NC(=O)CO2. The molecule has 2 amide bonds. The van der Waals surface area contributed by atoms with Gasteiger partial charge in [0.1, 0.15) is 5.75 Å². The van der Waals surface area contributed by atoms with Crippen molar-refractivity contribution < 1.29 is 14.3 Å². The number of fused-ring (bicyclic) bond motifs is 1. The smallest absolute Gasteiger partial charge is 0.262 e. The molecule has 0 aromatic heterocycles. The van der Waals surface area contributed by atoms with Crippen LogP contribution in [-0.2, 0) is 9.59 Å². The summed E-state index contributed by atoms with van der Waals surface area (Å²) in [5.41, 5.74) is 6.25. The summed E-state index contributed by atoms with van der Waals surface area (Å²) in [4.78, 5) is 21.6. The molecule has 1 aliphatic heterocycles. The predicted molar refractivity (Wildman–Crippen MR) is 61.3 cm³/mol. The maximum absolute atomic E-state index is 11.1. The summed E-state index contributed by atoms with van der Waals surface area (Å²) in [6.07, 6.45) is 0.0138. The third kappa shape index (κ3) is 2.75. The largest absolute Gasteiger partial charge is 0.482 e. The lowest BCUT2D eigenvalue weighted by molar-refractivity contribution is -0.119. The molecule has 0 fully saturated rings. The Hall–Kier alpha value is -2.48. The van der Waals surface area contributed by atoms with Crippen LogP contribution in [0.2, 0.25) is 0 Å². The van der Waals surface area contributed by atoms with E-state index in [0.717, 1.165) is 0 Å². The van der Waals surface area contributed by atoms with Crippen molar-refractivity contribution in [2.75, 3.05) is 11.9 Å². The number of anilines is 1. The fraction of sp³-hybridized carbons (Fsp3) is 0.167. The first-order valence-corrected chi connectivity index (χ1v) is 4.99. The maximum atomic E-state index is 11.1. The molecule has 0 saturated carbocycles. The van der Waals surface area contributed by atoms with Gasteiger partial charge in [-0.3, -0.25) is 9.59 Å². The van der Waals surface area contributed by atoms with Crippen molar-refractivity contribution in [3.8, 4) is 17.6 Å². The summed E-state index contributed by atoms with van der Waals surface area (Å²) in [6.45, 7) is 0.0275. The van der Waals surface area contributed by atoms with E-state index in [4.69, 9.17) is 10.5 Å². The fourth-order valence-corrected chi connectivity index (χ4v) is 1.39. The fourth-order valence-electron chi connectivity index (χ4n) is 1.39. The van der Waals surface area contributed by atoms with Gasteiger partial charge < -0.3 is 15.8 Å². The maximum Gasteiger partial charge on any atom is 0.262 e. The van der Waals surface area contributed by atoms with Gasteiger partial charge in [0.2, 0.25) is 5.91 Å². The van der Waals surface area contributed by atoms with Crippen LogP contribution in [0.1, 0.15) is 12.0 Å². The Balaban J connectivity index is 2.20.